The van der Waals surface area contributed by atoms with Crippen LogP contribution in [0.3, 0.4) is 0 Å². The van der Waals surface area contributed by atoms with Crippen LogP contribution in [0, 0.1) is 5.41 Å². The maximum atomic E-state index is 6.66. The van der Waals surface area contributed by atoms with Crippen LogP contribution in [0.1, 0.15) is 71.4 Å². The normalized spacial score (nSPS) is 12.0. The molecule has 0 aromatic heterocycles. The van der Waals surface area contributed by atoms with Crippen molar-refractivity contribution in [1.29, 1.82) is 0 Å². The third kappa shape index (κ3) is 11.6. The van der Waals surface area contributed by atoms with Gasteiger partial charge in [-0.25, -0.2) is 0 Å². The minimum atomic E-state index is -3.58. The molecule has 0 bridgehead atoms. The van der Waals surface area contributed by atoms with Gasteiger partial charge < -0.3 is 9.47 Å². The van der Waals surface area contributed by atoms with Crippen molar-refractivity contribution in [2.24, 2.45) is 8.91 Å². The average Bonchev–Trinajstić information content (AvgIpc) is 2.50. The van der Waals surface area contributed by atoms with E-state index in [1.54, 1.807) is 14.2 Å². The van der Waals surface area contributed by atoms with Crippen molar-refractivity contribution in [3.63, 3.8) is 0 Å². The van der Waals surface area contributed by atoms with E-state index in [0.29, 0.717) is 25.0 Å². The van der Waals surface area contributed by atoms with Crippen LogP contribution in [0.25, 0.3) is 0 Å². The summed E-state index contributed by atoms with van der Waals surface area (Å²) in [7, 11) is 16.6. The first-order valence-electron chi connectivity index (χ1n) is 9.26. The molecule has 0 unspecified atom stereocenters. The zero-order chi connectivity index (χ0) is 21.3. The largest absolute Gasteiger partial charge is 0.382 e. The van der Waals surface area contributed by atoms with Gasteiger partial charge >= 0.3 is 141 Å². The van der Waals surface area contributed by atoms with Gasteiger partial charge in [0, 0.05) is 14.2 Å². The SMILES string of the molecule is CC(C)c1cccc(C(C)C)c1[N]=[W]([Cl])([Cl])=[CH]C(C)(C)C.COCCOC. The second-order valence-corrected chi connectivity index (χ2v) is 22.1. The number of nitrogens with zero attached hydrogens (tertiary/aromatic N) is 1. The Morgan fingerprint density at radius 3 is 1.67 bits per heavy atom. The summed E-state index contributed by atoms with van der Waals surface area (Å²) in [6.45, 7) is 16.5. The van der Waals surface area contributed by atoms with E-state index in [9.17, 15) is 0 Å². The van der Waals surface area contributed by atoms with Crippen LogP contribution in [-0.2, 0) is 22.8 Å². The molecule has 0 saturated heterocycles. The Labute approximate surface area is 177 Å². The minimum absolute atomic E-state index is 0.00684. The predicted molar refractivity (Wildman–Crippen MR) is 118 cm³/mol. The molecule has 3 nitrogen and oxygen atoms in total. The van der Waals surface area contributed by atoms with Crippen LogP contribution in [0.4, 0.5) is 5.69 Å². The van der Waals surface area contributed by atoms with E-state index >= 15 is 0 Å². The Morgan fingerprint density at radius 1 is 0.963 bits per heavy atom. The van der Waals surface area contributed by atoms with Crippen molar-refractivity contribution in [1.82, 2.24) is 0 Å². The molecule has 0 amide bonds. The van der Waals surface area contributed by atoms with Gasteiger partial charge in [-0.05, 0) is 0 Å². The molecular formula is C21H37Cl2NO2W. The molecule has 0 atom stereocenters. The smallest absolute Gasteiger partial charge is 0.0696 e. The molecular weight excluding hydrogens is 553 g/mol. The summed E-state index contributed by atoms with van der Waals surface area (Å²) in [5.74, 6) is 0.819. The average molecular weight is 590 g/mol. The van der Waals surface area contributed by atoms with Crippen molar-refractivity contribution in [3.05, 3.63) is 29.3 Å². The number of rotatable bonds is 6. The number of halogens is 2. The Kier molecular flexibility index (Phi) is 12.6. The number of hydrogen-bond acceptors (Lipinski definition) is 3. The van der Waals surface area contributed by atoms with E-state index < -0.39 is 13.3 Å². The van der Waals surface area contributed by atoms with Gasteiger partial charge in [0.1, 0.15) is 0 Å². The monoisotopic (exact) mass is 589 g/mol. The molecule has 27 heavy (non-hydrogen) atoms. The van der Waals surface area contributed by atoms with Crippen molar-refractivity contribution in [2.75, 3.05) is 27.4 Å². The van der Waals surface area contributed by atoms with Gasteiger partial charge in [-0.2, -0.15) is 0 Å². The third-order valence-corrected chi connectivity index (χ3v) is 11.2. The van der Waals surface area contributed by atoms with E-state index in [1.807, 2.05) is 0 Å². The van der Waals surface area contributed by atoms with Crippen molar-refractivity contribution in [3.8, 4) is 0 Å². The fourth-order valence-electron chi connectivity index (χ4n) is 2.36. The summed E-state index contributed by atoms with van der Waals surface area (Å²) < 4.78 is 16.3. The summed E-state index contributed by atoms with van der Waals surface area (Å²) in [5, 5.41) is 0. The van der Waals surface area contributed by atoms with E-state index in [1.165, 1.54) is 11.1 Å². The van der Waals surface area contributed by atoms with Crippen LogP contribution in [0.15, 0.2) is 21.7 Å². The predicted octanol–water partition coefficient (Wildman–Crippen LogP) is 7.34. The van der Waals surface area contributed by atoms with Crippen molar-refractivity contribution >= 4 is 28.9 Å². The third-order valence-electron chi connectivity index (χ3n) is 3.54. The van der Waals surface area contributed by atoms with Crippen molar-refractivity contribution < 1.29 is 22.8 Å². The van der Waals surface area contributed by atoms with Crippen LogP contribution in [-0.4, -0.2) is 31.8 Å². The second-order valence-electron chi connectivity index (χ2n) is 8.14. The number of benzene rings is 1. The van der Waals surface area contributed by atoms with Crippen molar-refractivity contribution in [2.45, 2.75) is 60.3 Å². The molecule has 0 saturated carbocycles. The second kappa shape index (κ2) is 12.6. The fraction of sp³-hybridized carbons (Fsp3) is 0.667. The van der Waals surface area contributed by atoms with Gasteiger partial charge in [0.15, 0.2) is 0 Å². The Morgan fingerprint density at radius 2 is 1.37 bits per heavy atom. The minimum Gasteiger partial charge on any atom is -0.382 e. The van der Waals surface area contributed by atoms with Gasteiger partial charge in [0.2, 0.25) is 0 Å². The number of methoxy groups -OCH3 is 2. The fourth-order valence-corrected chi connectivity index (χ4v) is 12.7. The van der Waals surface area contributed by atoms with Gasteiger partial charge in [0.25, 0.3) is 0 Å². The first kappa shape index (κ1) is 27.1. The molecule has 158 valence electrons. The summed E-state index contributed by atoms with van der Waals surface area (Å²) >= 11 is -3.58. The molecule has 1 aromatic rings. The maximum absolute atomic E-state index is 6.66. The molecule has 1 rings (SSSR count). The molecule has 1 aromatic carbocycles. The quantitative estimate of drug-likeness (QED) is 0.325. The van der Waals surface area contributed by atoms with Crippen LogP contribution in [0.5, 0.6) is 0 Å². The topological polar surface area (TPSA) is 30.8 Å². The molecule has 0 heterocycles. The number of hydrogen-bond donors (Lipinski definition) is 0. The summed E-state index contributed by atoms with van der Waals surface area (Å²) in [6.07, 6.45) is 0. The zero-order valence-corrected chi connectivity index (χ0v) is 22.8. The Hall–Kier alpha value is 0.0783. The van der Waals surface area contributed by atoms with Gasteiger partial charge in [-0.3, -0.25) is 0 Å². The van der Waals surface area contributed by atoms with Crippen LogP contribution >= 0.6 is 18.8 Å². The molecule has 0 radical (unpaired) electrons. The van der Waals surface area contributed by atoms with Crippen LogP contribution in [0.2, 0.25) is 0 Å². The van der Waals surface area contributed by atoms with Gasteiger partial charge in [-0.1, -0.05) is 0 Å². The Bertz CT molecular complexity index is 648. The van der Waals surface area contributed by atoms with E-state index in [0.717, 1.165) is 5.69 Å². The molecule has 0 N–H and O–H groups in total. The summed E-state index contributed by atoms with van der Waals surface area (Å²) in [6, 6.07) is 6.39. The van der Waals surface area contributed by atoms with E-state index in [-0.39, 0.29) is 5.41 Å². The molecule has 0 aliphatic heterocycles. The molecule has 0 aliphatic carbocycles. The molecule has 0 aliphatic rings. The summed E-state index contributed by atoms with van der Waals surface area (Å²) in [4.78, 5) is 0. The summed E-state index contributed by atoms with van der Waals surface area (Å²) in [5.41, 5.74) is 3.51. The maximum Gasteiger partial charge on any atom is 0.0696 e. The van der Waals surface area contributed by atoms with Crippen LogP contribution < -0.4 is 0 Å². The van der Waals surface area contributed by atoms with E-state index in [4.69, 9.17) is 22.3 Å². The molecule has 6 heteroatoms. The molecule has 0 spiro atoms. The van der Waals surface area contributed by atoms with Gasteiger partial charge in [-0.15, -0.1) is 0 Å². The van der Waals surface area contributed by atoms with E-state index in [2.05, 4.69) is 80.5 Å². The first-order chi connectivity index (χ1) is 12.3. The number of ether oxygens (including phenoxy) is 2. The zero-order valence-electron chi connectivity index (χ0n) is 18.3. The van der Waals surface area contributed by atoms with Gasteiger partial charge in [0.05, 0.1) is 13.2 Å². The standard InChI is InChI=1S/C12H17N.C5H10.C4H10O2.2ClH.W/c1-8(2)10-6-5-7-11(9(3)4)12(10)13;1-5(2,3)4;1-5-3-4-6-2;;;/h5-9H,1-4H3;1H,2-4H3;3-4H2,1-2H3;2*1H;/q;;;;;+2/p-2. The first-order valence-corrected chi connectivity index (χ1v) is 19.5. The Balaban J connectivity index is 0.000000972. The molecule has 0 fully saturated rings.